The summed E-state index contributed by atoms with van der Waals surface area (Å²) in [7, 11) is 3.14. The van der Waals surface area contributed by atoms with Gasteiger partial charge in [0, 0.05) is 6.21 Å². The van der Waals surface area contributed by atoms with Crippen molar-refractivity contribution in [2.24, 2.45) is 4.99 Å². The highest BCUT2D eigenvalue weighted by Gasteiger charge is 2.03. The minimum Gasteiger partial charge on any atom is -0.493 e. The van der Waals surface area contributed by atoms with Crippen LogP contribution in [0, 0.1) is 0 Å². The van der Waals surface area contributed by atoms with Gasteiger partial charge in [0.2, 0.25) is 0 Å². The monoisotopic (exact) mass is 251 g/mol. The molecular formula is C13H17NO4. The highest BCUT2D eigenvalue weighted by molar-refractivity contribution is 5.83. The van der Waals surface area contributed by atoms with Crippen molar-refractivity contribution in [1.82, 2.24) is 0 Å². The van der Waals surface area contributed by atoms with Crippen molar-refractivity contribution in [2.75, 3.05) is 27.4 Å². The van der Waals surface area contributed by atoms with Crippen molar-refractivity contribution in [2.45, 2.75) is 6.92 Å². The Labute approximate surface area is 106 Å². The van der Waals surface area contributed by atoms with Crippen LogP contribution in [0.25, 0.3) is 0 Å². The van der Waals surface area contributed by atoms with E-state index in [0.29, 0.717) is 18.1 Å². The van der Waals surface area contributed by atoms with E-state index in [4.69, 9.17) is 14.2 Å². The van der Waals surface area contributed by atoms with Crippen LogP contribution in [0.5, 0.6) is 11.5 Å². The number of carbonyl (C=O) groups is 1. The lowest BCUT2D eigenvalue weighted by Gasteiger charge is -2.07. The molecule has 0 bridgehead atoms. The van der Waals surface area contributed by atoms with Crippen LogP contribution in [-0.4, -0.2) is 39.6 Å². The zero-order valence-corrected chi connectivity index (χ0v) is 10.8. The van der Waals surface area contributed by atoms with E-state index in [9.17, 15) is 4.79 Å². The zero-order chi connectivity index (χ0) is 13.4. The molecule has 0 saturated carbocycles. The molecule has 1 aromatic carbocycles. The fourth-order valence-electron chi connectivity index (χ4n) is 1.37. The van der Waals surface area contributed by atoms with Crippen molar-refractivity contribution >= 4 is 12.2 Å². The highest BCUT2D eigenvalue weighted by atomic mass is 16.5. The molecule has 0 fully saturated rings. The maximum Gasteiger partial charge on any atom is 0.327 e. The van der Waals surface area contributed by atoms with E-state index < -0.39 is 0 Å². The van der Waals surface area contributed by atoms with Gasteiger partial charge in [-0.2, -0.15) is 0 Å². The van der Waals surface area contributed by atoms with E-state index in [1.54, 1.807) is 39.5 Å². The van der Waals surface area contributed by atoms with Gasteiger partial charge in [0.05, 0.1) is 20.8 Å². The molecule has 98 valence electrons. The predicted molar refractivity (Wildman–Crippen MR) is 68.6 cm³/mol. The minimum atomic E-state index is -0.339. The molecule has 0 atom stereocenters. The SMILES string of the molecule is CCOC(=O)CN=Cc1ccc(OC)c(OC)c1. The summed E-state index contributed by atoms with van der Waals surface area (Å²) in [6.07, 6.45) is 1.60. The topological polar surface area (TPSA) is 57.1 Å². The third-order valence-electron chi connectivity index (χ3n) is 2.17. The molecule has 5 nitrogen and oxygen atoms in total. The second-order valence-corrected chi connectivity index (χ2v) is 3.39. The first-order chi connectivity index (χ1) is 8.71. The van der Waals surface area contributed by atoms with E-state index in [2.05, 4.69) is 4.99 Å². The average molecular weight is 251 g/mol. The molecule has 1 rings (SSSR count). The summed E-state index contributed by atoms with van der Waals surface area (Å²) in [5.41, 5.74) is 0.831. The lowest BCUT2D eigenvalue weighted by molar-refractivity contribution is -0.141. The van der Waals surface area contributed by atoms with Gasteiger partial charge in [-0.15, -0.1) is 0 Å². The molecule has 5 heteroatoms. The second kappa shape index (κ2) is 7.32. The van der Waals surface area contributed by atoms with Crippen LogP contribution in [0.2, 0.25) is 0 Å². The number of benzene rings is 1. The van der Waals surface area contributed by atoms with Crippen LogP contribution >= 0.6 is 0 Å². The number of methoxy groups -OCH3 is 2. The molecule has 0 aromatic heterocycles. The van der Waals surface area contributed by atoms with Crippen molar-refractivity contribution in [1.29, 1.82) is 0 Å². The third kappa shape index (κ3) is 4.08. The Morgan fingerprint density at radius 1 is 1.28 bits per heavy atom. The Kier molecular flexibility index (Phi) is 5.70. The van der Waals surface area contributed by atoms with Gasteiger partial charge in [-0.1, -0.05) is 0 Å². The van der Waals surface area contributed by atoms with Crippen molar-refractivity contribution in [3.63, 3.8) is 0 Å². The summed E-state index contributed by atoms with van der Waals surface area (Å²) in [5, 5.41) is 0. The summed E-state index contributed by atoms with van der Waals surface area (Å²) in [6.45, 7) is 2.14. The standard InChI is InChI=1S/C13H17NO4/c1-4-18-13(15)9-14-8-10-5-6-11(16-2)12(7-10)17-3/h5-8H,4,9H2,1-3H3. The van der Waals surface area contributed by atoms with Gasteiger partial charge in [0.15, 0.2) is 11.5 Å². The van der Waals surface area contributed by atoms with Crippen molar-refractivity contribution in [3.8, 4) is 11.5 Å². The number of hydrogen-bond donors (Lipinski definition) is 0. The first kappa shape index (κ1) is 14.0. The van der Waals surface area contributed by atoms with Crippen LogP contribution in [0.3, 0.4) is 0 Å². The molecule has 0 aliphatic heterocycles. The lowest BCUT2D eigenvalue weighted by Crippen LogP contribution is -2.07. The van der Waals surface area contributed by atoms with E-state index in [1.807, 2.05) is 6.07 Å². The summed E-state index contributed by atoms with van der Waals surface area (Å²) < 4.78 is 15.1. The number of hydrogen-bond acceptors (Lipinski definition) is 5. The smallest absolute Gasteiger partial charge is 0.327 e. The number of carbonyl (C=O) groups excluding carboxylic acids is 1. The Hall–Kier alpha value is -2.04. The summed E-state index contributed by atoms with van der Waals surface area (Å²) >= 11 is 0. The molecule has 0 amide bonds. The summed E-state index contributed by atoms with van der Waals surface area (Å²) in [5.74, 6) is 0.937. The largest absolute Gasteiger partial charge is 0.493 e. The molecule has 0 N–H and O–H groups in total. The molecule has 0 saturated heterocycles. The van der Waals surface area contributed by atoms with Gasteiger partial charge in [-0.05, 0) is 30.7 Å². The number of ether oxygens (including phenoxy) is 3. The van der Waals surface area contributed by atoms with E-state index in [1.165, 1.54) is 0 Å². The molecule has 0 unspecified atom stereocenters. The molecular weight excluding hydrogens is 234 g/mol. The fourth-order valence-corrected chi connectivity index (χ4v) is 1.37. The van der Waals surface area contributed by atoms with Gasteiger partial charge in [0.1, 0.15) is 6.54 Å². The Morgan fingerprint density at radius 2 is 2.00 bits per heavy atom. The molecule has 0 spiro atoms. The summed E-state index contributed by atoms with van der Waals surface area (Å²) in [6, 6.07) is 5.40. The first-order valence-electron chi connectivity index (χ1n) is 5.58. The Bertz CT molecular complexity index is 429. The molecule has 18 heavy (non-hydrogen) atoms. The van der Waals surface area contributed by atoms with Gasteiger partial charge in [0.25, 0.3) is 0 Å². The molecule has 1 aromatic rings. The molecule has 0 aliphatic rings. The lowest BCUT2D eigenvalue weighted by atomic mass is 10.2. The number of rotatable bonds is 6. The third-order valence-corrected chi connectivity index (χ3v) is 2.17. The van der Waals surface area contributed by atoms with Crippen LogP contribution < -0.4 is 9.47 Å². The van der Waals surface area contributed by atoms with Gasteiger partial charge >= 0.3 is 5.97 Å². The Morgan fingerprint density at radius 3 is 2.61 bits per heavy atom. The zero-order valence-electron chi connectivity index (χ0n) is 10.8. The van der Waals surface area contributed by atoms with Crippen molar-refractivity contribution in [3.05, 3.63) is 23.8 Å². The van der Waals surface area contributed by atoms with Gasteiger partial charge in [-0.3, -0.25) is 9.79 Å². The second-order valence-electron chi connectivity index (χ2n) is 3.39. The van der Waals surface area contributed by atoms with Crippen LogP contribution in [0.15, 0.2) is 23.2 Å². The van der Waals surface area contributed by atoms with Gasteiger partial charge in [-0.25, -0.2) is 0 Å². The molecule has 0 heterocycles. The minimum absolute atomic E-state index is 0.0161. The van der Waals surface area contributed by atoms with Gasteiger partial charge < -0.3 is 14.2 Å². The van der Waals surface area contributed by atoms with Crippen LogP contribution in [0.1, 0.15) is 12.5 Å². The maximum absolute atomic E-state index is 11.1. The van der Waals surface area contributed by atoms with E-state index in [-0.39, 0.29) is 12.5 Å². The summed E-state index contributed by atoms with van der Waals surface area (Å²) in [4.78, 5) is 15.1. The maximum atomic E-state index is 11.1. The van der Waals surface area contributed by atoms with Crippen LogP contribution in [-0.2, 0) is 9.53 Å². The number of nitrogens with zero attached hydrogens (tertiary/aromatic N) is 1. The number of esters is 1. The first-order valence-corrected chi connectivity index (χ1v) is 5.58. The normalized spacial score (nSPS) is 10.4. The number of aliphatic imine (C=N–C) groups is 1. The average Bonchev–Trinajstić information content (AvgIpc) is 2.38. The van der Waals surface area contributed by atoms with E-state index in [0.717, 1.165) is 5.56 Å². The molecule has 0 aliphatic carbocycles. The highest BCUT2D eigenvalue weighted by Crippen LogP contribution is 2.26. The molecule has 0 radical (unpaired) electrons. The van der Waals surface area contributed by atoms with E-state index >= 15 is 0 Å². The Balaban J connectivity index is 2.67. The predicted octanol–water partition coefficient (Wildman–Crippen LogP) is 1.69. The van der Waals surface area contributed by atoms with Crippen molar-refractivity contribution < 1.29 is 19.0 Å². The quantitative estimate of drug-likeness (QED) is 0.570. The fraction of sp³-hybridized carbons (Fsp3) is 0.385. The van der Waals surface area contributed by atoms with Crippen LogP contribution in [0.4, 0.5) is 0 Å².